The van der Waals surface area contributed by atoms with Gasteiger partial charge in [0, 0.05) is 10.5 Å². The minimum atomic E-state index is -0.0912. The zero-order valence-corrected chi connectivity index (χ0v) is 11.4. The van der Waals surface area contributed by atoms with E-state index in [9.17, 15) is 4.79 Å². The van der Waals surface area contributed by atoms with Gasteiger partial charge in [0.2, 0.25) is 0 Å². The van der Waals surface area contributed by atoms with Crippen LogP contribution in [0, 0.1) is 5.92 Å². The Balaban J connectivity index is 2.09. The first-order valence-corrected chi connectivity index (χ1v) is 6.56. The van der Waals surface area contributed by atoms with Crippen molar-refractivity contribution in [1.82, 2.24) is 5.32 Å². The lowest BCUT2D eigenvalue weighted by molar-refractivity contribution is -0.146. The summed E-state index contributed by atoms with van der Waals surface area (Å²) in [5, 5.41) is 3.44. The lowest BCUT2D eigenvalue weighted by atomic mass is 9.89. The molecule has 92 valence electrons. The Morgan fingerprint density at radius 3 is 3.06 bits per heavy atom. The quantitative estimate of drug-likeness (QED) is 0.853. The van der Waals surface area contributed by atoms with Gasteiger partial charge in [0.25, 0.3) is 0 Å². The predicted molar refractivity (Wildman–Crippen MR) is 69.6 cm³/mol. The third-order valence-corrected chi connectivity index (χ3v) is 3.68. The van der Waals surface area contributed by atoms with E-state index in [0.29, 0.717) is 0 Å². The molecule has 0 amide bonds. The van der Waals surface area contributed by atoms with Crippen molar-refractivity contribution in [2.75, 3.05) is 13.7 Å². The molecule has 2 rings (SSSR count). The van der Waals surface area contributed by atoms with E-state index in [0.717, 1.165) is 23.9 Å². The van der Waals surface area contributed by atoms with E-state index in [1.165, 1.54) is 12.7 Å². The second-order valence-electron chi connectivity index (χ2n) is 4.31. The third kappa shape index (κ3) is 3.07. The molecule has 1 aliphatic rings. The van der Waals surface area contributed by atoms with Gasteiger partial charge in [-0.3, -0.25) is 4.79 Å². The minimum Gasteiger partial charge on any atom is -0.469 e. The van der Waals surface area contributed by atoms with Gasteiger partial charge in [0.15, 0.2) is 0 Å². The lowest BCUT2D eigenvalue weighted by Gasteiger charge is -2.29. The van der Waals surface area contributed by atoms with Crippen LogP contribution in [0.1, 0.15) is 24.4 Å². The number of carbonyl (C=O) groups excluding carboxylic acids is 1. The van der Waals surface area contributed by atoms with Crippen LogP contribution in [0.15, 0.2) is 28.7 Å². The Morgan fingerprint density at radius 1 is 1.53 bits per heavy atom. The third-order valence-electron chi connectivity index (χ3n) is 3.19. The van der Waals surface area contributed by atoms with Crippen LogP contribution in [0.3, 0.4) is 0 Å². The maximum Gasteiger partial charge on any atom is 0.308 e. The van der Waals surface area contributed by atoms with E-state index in [1.807, 2.05) is 12.1 Å². The molecule has 4 heteroatoms. The average molecular weight is 298 g/mol. The van der Waals surface area contributed by atoms with Crippen LogP contribution in [0.4, 0.5) is 0 Å². The van der Waals surface area contributed by atoms with E-state index in [-0.39, 0.29) is 17.9 Å². The number of hydrogen-bond donors (Lipinski definition) is 1. The molecule has 2 unspecified atom stereocenters. The lowest BCUT2D eigenvalue weighted by Crippen LogP contribution is -2.35. The number of esters is 1. The van der Waals surface area contributed by atoms with Gasteiger partial charge < -0.3 is 10.1 Å². The van der Waals surface area contributed by atoms with Crippen LogP contribution in [-0.4, -0.2) is 19.6 Å². The van der Waals surface area contributed by atoms with Crippen molar-refractivity contribution < 1.29 is 9.53 Å². The second-order valence-corrected chi connectivity index (χ2v) is 5.22. The van der Waals surface area contributed by atoms with Gasteiger partial charge in [-0.1, -0.05) is 28.1 Å². The van der Waals surface area contributed by atoms with E-state index in [4.69, 9.17) is 4.74 Å². The highest BCUT2D eigenvalue weighted by Crippen LogP contribution is 2.29. The second kappa shape index (κ2) is 5.65. The zero-order valence-electron chi connectivity index (χ0n) is 9.78. The number of methoxy groups -OCH3 is 1. The first-order valence-electron chi connectivity index (χ1n) is 5.77. The van der Waals surface area contributed by atoms with Gasteiger partial charge in [-0.2, -0.15) is 0 Å². The summed E-state index contributed by atoms with van der Waals surface area (Å²) in [5.74, 6) is -0.0725. The fraction of sp³-hybridized carbons (Fsp3) is 0.462. The Bertz CT molecular complexity index is 408. The van der Waals surface area contributed by atoms with Crippen LogP contribution in [0.25, 0.3) is 0 Å². The summed E-state index contributed by atoms with van der Waals surface area (Å²) >= 11 is 3.47. The summed E-state index contributed by atoms with van der Waals surface area (Å²) in [6, 6.07) is 8.44. The summed E-state index contributed by atoms with van der Waals surface area (Å²) in [7, 11) is 1.46. The molecule has 1 fully saturated rings. The van der Waals surface area contributed by atoms with E-state index in [2.05, 4.69) is 33.4 Å². The fourth-order valence-corrected chi connectivity index (χ4v) is 2.69. The van der Waals surface area contributed by atoms with E-state index < -0.39 is 0 Å². The molecule has 0 radical (unpaired) electrons. The molecular weight excluding hydrogens is 282 g/mol. The van der Waals surface area contributed by atoms with Gasteiger partial charge in [0.1, 0.15) is 0 Å². The van der Waals surface area contributed by atoms with Crippen LogP contribution >= 0.6 is 15.9 Å². The minimum absolute atomic E-state index is 0.0187. The molecule has 1 N–H and O–H groups in total. The molecule has 1 aromatic carbocycles. The molecule has 0 aliphatic carbocycles. The number of ether oxygens (including phenoxy) is 1. The molecule has 0 spiro atoms. The van der Waals surface area contributed by atoms with Gasteiger partial charge in [-0.05, 0) is 37.1 Å². The van der Waals surface area contributed by atoms with Crippen molar-refractivity contribution >= 4 is 21.9 Å². The number of piperidine rings is 1. The smallest absolute Gasteiger partial charge is 0.308 e. The Hall–Kier alpha value is -0.870. The predicted octanol–water partition coefficient (Wildman–Crippen LogP) is 2.66. The normalized spacial score (nSPS) is 24.4. The number of hydrogen-bond acceptors (Lipinski definition) is 3. The van der Waals surface area contributed by atoms with E-state index >= 15 is 0 Å². The standard InChI is InChI=1S/C13H16BrNO2/c1-17-13(16)10-5-6-15-12(8-10)9-3-2-4-11(14)7-9/h2-4,7,10,12,15H,5-6,8H2,1H3. The molecule has 1 heterocycles. The van der Waals surface area contributed by atoms with Crippen LogP contribution in [0.2, 0.25) is 0 Å². The summed E-state index contributed by atoms with van der Waals surface area (Å²) in [6.45, 7) is 0.858. The summed E-state index contributed by atoms with van der Waals surface area (Å²) in [4.78, 5) is 11.6. The number of rotatable bonds is 2. The topological polar surface area (TPSA) is 38.3 Å². The maximum atomic E-state index is 11.6. The number of benzene rings is 1. The first-order chi connectivity index (χ1) is 8.20. The van der Waals surface area contributed by atoms with Gasteiger partial charge in [-0.15, -0.1) is 0 Å². The molecule has 1 aromatic rings. The van der Waals surface area contributed by atoms with Crippen molar-refractivity contribution in [3.63, 3.8) is 0 Å². The Labute approximate surface area is 110 Å². The van der Waals surface area contributed by atoms with Crippen molar-refractivity contribution in [2.24, 2.45) is 5.92 Å². The molecule has 0 saturated carbocycles. The SMILES string of the molecule is COC(=O)C1CCNC(c2cccc(Br)c2)C1. The fourth-order valence-electron chi connectivity index (χ4n) is 2.28. The number of nitrogens with one attached hydrogen (secondary N) is 1. The van der Waals surface area contributed by atoms with Crippen molar-refractivity contribution in [3.8, 4) is 0 Å². The number of carbonyl (C=O) groups is 1. The first kappa shape index (κ1) is 12.6. The highest BCUT2D eigenvalue weighted by Gasteiger charge is 2.28. The summed E-state index contributed by atoms with van der Waals surface area (Å²) < 4.78 is 5.89. The van der Waals surface area contributed by atoms with E-state index in [1.54, 1.807) is 0 Å². The molecular formula is C13H16BrNO2. The largest absolute Gasteiger partial charge is 0.469 e. The molecule has 3 nitrogen and oxygen atoms in total. The molecule has 0 bridgehead atoms. The molecule has 17 heavy (non-hydrogen) atoms. The molecule has 0 aromatic heterocycles. The monoisotopic (exact) mass is 297 g/mol. The van der Waals surface area contributed by atoms with Gasteiger partial charge in [-0.25, -0.2) is 0 Å². The van der Waals surface area contributed by atoms with Gasteiger partial charge in [0.05, 0.1) is 13.0 Å². The zero-order chi connectivity index (χ0) is 12.3. The highest BCUT2D eigenvalue weighted by atomic mass is 79.9. The molecule has 2 atom stereocenters. The molecule has 1 aliphatic heterocycles. The van der Waals surface area contributed by atoms with Crippen LogP contribution < -0.4 is 5.32 Å². The number of halogens is 1. The summed E-state index contributed by atoms with van der Waals surface area (Å²) in [6.07, 6.45) is 1.67. The van der Waals surface area contributed by atoms with Crippen molar-refractivity contribution in [2.45, 2.75) is 18.9 Å². The van der Waals surface area contributed by atoms with Gasteiger partial charge >= 0.3 is 5.97 Å². The van der Waals surface area contributed by atoms with Crippen LogP contribution in [-0.2, 0) is 9.53 Å². The van der Waals surface area contributed by atoms with Crippen molar-refractivity contribution in [1.29, 1.82) is 0 Å². The Kier molecular flexibility index (Phi) is 4.18. The summed E-state index contributed by atoms with van der Waals surface area (Å²) in [5.41, 5.74) is 1.22. The van der Waals surface area contributed by atoms with Crippen molar-refractivity contribution in [3.05, 3.63) is 34.3 Å². The highest BCUT2D eigenvalue weighted by molar-refractivity contribution is 9.10. The molecule has 1 saturated heterocycles. The average Bonchev–Trinajstić information content (AvgIpc) is 2.38. The maximum absolute atomic E-state index is 11.6. The Morgan fingerprint density at radius 2 is 2.35 bits per heavy atom. The van der Waals surface area contributed by atoms with Crippen LogP contribution in [0.5, 0.6) is 0 Å².